The summed E-state index contributed by atoms with van der Waals surface area (Å²) in [6, 6.07) is 15.3. The second-order valence-electron chi connectivity index (χ2n) is 4.71. The van der Waals surface area contributed by atoms with Gasteiger partial charge in [0.25, 0.3) is 5.91 Å². The summed E-state index contributed by atoms with van der Waals surface area (Å²) in [5.41, 5.74) is 3.67. The van der Waals surface area contributed by atoms with E-state index in [1.165, 1.54) is 13.1 Å². The van der Waals surface area contributed by atoms with Crippen molar-refractivity contribution in [3.63, 3.8) is 0 Å². The number of carbonyl (C=O) groups excluding carboxylic acids is 2. The zero-order valence-electron chi connectivity index (χ0n) is 12.4. The first kappa shape index (κ1) is 16.2. The molecule has 0 unspecified atom stereocenters. The van der Waals surface area contributed by atoms with Crippen LogP contribution in [0.5, 0.6) is 5.75 Å². The van der Waals surface area contributed by atoms with Gasteiger partial charge in [0.15, 0.2) is 0 Å². The molecule has 118 valence electrons. The van der Waals surface area contributed by atoms with Crippen LogP contribution in [0.1, 0.15) is 22.8 Å². The Hall–Kier alpha value is -3.15. The molecule has 0 aliphatic heterocycles. The molecule has 0 fully saturated rings. The first-order chi connectivity index (χ1) is 11.1. The van der Waals surface area contributed by atoms with Crippen molar-refractivity contribution in [2.24, 2.45) is 5.10 Å². The number of ether oxygens (including phenoxy) is 1. The third-order valence-corrected chi connectivity index (χ3v) is 2.94. The number of hydrazone groups is 1. The Morgan fingerprint density at radius 2 is 1.78 bits per heavy atom. The van der Waals surface area contributed by atoms with E-state index in [2.05, 4.69) is 10.5 Å². The number of hydrogen-bond donors (Lipinski definition) is 1. The lowest BCUT2D eigenvalue weighted by Gasteiger charge is -2.15. The van der Waals surface area contributed by atoms with Crippen LogP contribution in [0.4, 0.5) is 0 Å². The molecule has 0 radical (unpaired) electrons. The van der Waals surface area contributed by atoms with E-state index in [-0.39, 0.29) is 5.91 Å². The topological polar surface area (TPSA) is 90.8 Å². The average molecular weight is 311 g/mol. The average Bonchev–Trinajstić information content (AvgIpc) is 2.57. The SMILES string of the molecule is C[C@@H](Oc1ccc(/C=N\NC(=O)c2ccccc2)cc1)C(=O)[O-]. The molecule has 0 heterocycles. The molecule has 1 atom stereocenters. The van der Waals surface area contributed by atoms with E-state index in [4.69, 9.17) is 4.74 Å². The van der Waals surface area contributed by atoms with Crippen LogP contribution in [0.2, 0.25) is 0 Å². The van der Waals surface area contributed by atoms with E-state index in [0.717, 1.165) is 5.56 Å². The molecular weight excluding hydrogens is 296 g/mol. The van der Waals surface area contributed by atoms with Gasteiger partial charge in [-0.15, -0.1) is 0 Å². The fourth-order valence-electron chi connectivity index (χ4n) is 1.70. The number of aliphatic carboxylic acids is 1. The second kappa shape index (κ2) is 7.74. The van der Waals surface area contributed by atoms with Crippen molar-refractivity contribution in [3.05, 3.63) is 65.7 Å². The minimum absolute atomic E-state index is 0.301. The quantitative estimate of drug-likeness (QED) is 0.635. The number of benzene rings is 2. The zero-order valence-corrected chi connectivity index (χ0v) is 12.4. The first-order valence-corrected chi connectivity index (χ1v) is 6.92. The van der Waals surface area contributed by atoms with Crippen LogP contribution in [0.3, 0.4) is 0 Å². The molecule has 0 aliphatic rings. The molecule has 23 heavy (non-hydrogen) atoms. The van der Waals surface area contributed by atoms with Gasteiger partial charge in [-0.25, -0.2) is 5.43 Å². The Bertz CT molecular complexity index is 696. The number of nitrogens with zero attached hydrogens (tertiary/aromatic N) is 1. The van der Waals surface area contributed by atoms with Crippen LogP contribution in [-0.4, -0.2) is 24.2 Å². The molecule has 0 aromatic heterocycles. The molecule has 2 aromatic rings. The van der Waals surface area contributed by atoms with Gasteiger partial charge in [0.2, 0.25) is 0 Å². The van der Waals surface area contributed by atoms with Gasteiger partial charge in [-0.3, -0.25) is 4.79 Å². The largest absolute Gasteiger partial charge is 0.546 e. The summed E-state index contributed by atoms with van der Waals surface area (Å²) in [7, 11) is 0. The molecule has 0 saturated carbocycles. The van der Waals surface area contributed by atoms with Crippen LogP contribution in [0, 0.1) is 0 Å². The highest BCUT2D eigenvalue weighted by Crippen LogP contribution is 2.12. The Balaban J connectivity index is 1.90. The van der Waals surface area contributed by atoms with Crippen LogP contribution in [0.15, 0.2) is 59.7 Å². The third kappa shape index (κ3) is 4.96. The highest BCUT2D eigenvalue weighted by molar-refractivity contribution is 5.94. The fourth-order valence-corrected chi connectivity index (χ4v) is 1.70. The van der Waals surface area contributed by atoms with Gasteiger partial charge in [0, 0.05) is 5.56 Å². The lowest BCUT2D eigenvalue weighted by Crippen LogP contribution is -2.37. The van der Waals surface area contributed by atoms with E-state index in [1.54, 1.807) is 48.5 Å². The van der Waals surface area contributed by atoms with Crippen LogP contribution >= 0.6 is 0 Å². The van der Waals surface area contributed by atoms with Crippen LogP contribution < -0.4 is 15.3 Å². The Kier molecular flexibility index (Phi) is 5.46. The van der Waals surface area contributed by atoms with Crippen molar-refractivity contribution in [1.29, 1.82) is 0 Å². The zero-order chi connectivity index (χ0) is 16.7. The van der Waals surface area contributed by atoms with Crippen LogP contribution in [0.25, 0.3) is 0 Å². The summed E-state index contributed by atoms with van der Waals surface area (Å²) in [5, 5.41) is 14.5. The number of nitrogens with one attached hydrogen (secondary N) is 1. The predicted molar refractivity (Wildman–Crippen MR) is 83.0 cm³/mol. The van der Waals surface area contributed by atoms with Gasteiger partial charge < -0.3 is 14.6 Å². The molecular formula is C17H15N2O4-. The molecule has 2 aromatic carbocycles. The number of rotatable bonds is 6. The fraction of sp³-hybridized carbons (Fsp3) is 0.118. The smallest absolute Gasteiger partial charge is 0.271 e. The molecule has 2 rings (SSSR count). The van der Waals surface area contributed by atoms with Crippen LogP contribution in [-0.2, 0) is 4.79 Å². The predicted octanol–water partition coefficient (Wildman–Crippen LogP) is 0.968. The molecule has 0 saturated heterocycles. The highest BCUT2D eigenvalue weighted by Gasteiger charge is 2.04. The highest BCUT2D eigenvalue weighted by atomic mass is 16.5. The van der Waals surface area contributed by atoms with E-state index in [0.29, 0.717) is 11.3 Å². The second-order valence-corrected chi connectivity index (χ2v) is 4.71. The van der Waals surface area contributed by atoms with Crippen molar-refractivity contribution in [3.8, 4) is 5.75 Å². The number of carbonyl (C=O) groups is 2. The summed E-state index contributed by atoms with van der Waals surface area (Å²) >= 11 is 0. The maximum Gasteiger partial charge on any atom is 0.271 e. The molecule has 1 amide bonds. The van der Waals surface area contributed by atoms with Crippen molar-refractivity contribution >= 4 is 18.1 Å². The lowest BCUT2D eigenvalue weighted by atomic mass is 10.2. The molecule has 6 heteroatoms. The van der Waals surface area contributed by atoms with Crippen molar-refractivity contribution < 1.29 is 19.4 Å². The van der Waals surface area contributed by atoms with Gasteiger partial charge in [-0.05, 0) is 48.9 Å². The Morgan fingerprint density at radius 1 is 1.13 bits per heavy atom. The third-order valence-electron chi connectivity index (χ3n) is 2.94. The van der Waals surface area contributed by atoms with Gasteiger partial charge in [-0.1, -0.05) is 18.2 Å². The summed E-state index contributed by atoms with van der Waals surface area (Å²) in [4.78, 5) is 22.4. The molecule has 0 spiro atoms. The Labute approximate surface area is 133 Å². The van der Waals surface area contributed by atoms with Gasteiger partial charge in [0.1, 0.15) is 11.9 Å². The van der Waals surface area contributed by atoms with Crippen molar-refractivity contribution in [1.82, 2.24) is 5.43 Å². The van der Waals surface area contributed by atoms with Crippen molar-refractivity contribution in [2.45, 2.75) is 13.0 Å². The van der Waals surface area contributed by atoms with E-state index in [1.807, 2.05) is 6.07 Å². The van der Waals surface area contributed by atoms with E-state index >= 15 is 0 Å². The monoisotopic (exact) mass is 311 g/mol. The number of hydrogen-bond acceptors (Lipinski definition) is 5. The number of carboxylic acid groups (broad SMARTS) is 1. The van der Waals surface area contributed by atoms with E-state index < -0.39 is 12.1 Å². The minimum Gasteiger partial charge on any atom is -0.546 e. The maximum absolute atomic E-state index is 11.8. The Morgan fingerprint density at radius 3 is 2.39 bits per heavy atom. The molecule has 0 bridgehead atoms. The summed E-state index contributed by atoms with van der Waals surface area (Å²) in [6.07, 6.45) is 0.451. The summed E-state index contributed by atoms with van der Waals surface area (Å²) < 4.78 is 5.16. The molecule has 1 N–H and O–H groups in total. The van der Waals surface area contributed by atoms with Gasteiger partial charge in [-0.2, -0.15) is 5.10 Å². The molecule has 6 nitrogen and oxygen atoms in total. The number of carboxylic acids is 1. The first-order valence-electron chi connectivity index (χ1n) is 6.92. The minimum atomic E-state index is -1.28. The van der Waals surface area contributed by atoms with E-state index in [9.17, 15) is 14.7 Å². The molecule has 0 aliphatic carbocycles. The van der Waals surface area contributed by atoms with Gasteiger partial charge in [0.05, 0.1) is 12.2 Å². The number of amides is 1. The maximum atomic E-state index is 11.8. The lowest BCUT2D eigenvalue weighted by molar-refractivity contribution is -0.312. The standard InChI is InChI=1S/C17H16N2O4/c1-12(17(21)22)23-15-9-7-13(8-10-15)11-18-19-16(20)14-5-3-2-4-6-14/h2-12H,1H3,(H,19,20)(H,21,22)/p-1/b18-11-/t12-/m1/s1. The van der Waals surface area contributed by atoms with Crippen molar-refractivity contribution in [2.75, 3.05) is 0 Å². The normalized spacial score (nSPS) is 11.9. The summed E-state index contributed by atoms with van der Waals surface area (Å²) in [5.74, 6) is -1.17. The van der Waals surface area contributed by atoms with Gasteiger partial charge >= 0.3 is 0 Å². The summed E-state index contributed by atoms with van der Waals surface area (Å²) in [6.45, 7) is 1.39.